The maximum Gasteiger partial charge on any atom is 0.170 e. The van der Waals surface area contributed by atoms with Crippen LogP contribution in [0.25, 0.3) is 0 Å². The third-order valence-corrected chi connectivity index (χ3v) is 4.23. The number of thioether (sulfide) groups is 1. The summed E-state index contributed by atoms with van der Waals surface area (Å²) >= 11 is 13.1. The van der Waals surface area contributed by atoms with E-state index in [0.717, 1.165) is 28.8 Å². The van der Waals surface area contributed by atoms with Gasteiger partial charge in [0.1, 0.15) is 0 Å². The van der Waals surface area contributed by atoms with E-state index >= 15 is 0 Å². The second-order valence-corrected chi connectivity index (χ2v) is 6.38. The minimum atomic E-state index is 0.657. The lowest BCUT2D eigenvalue weighted by Gasteiger charge is -2.10. The lowest BCUT2D eigenvalue weighted by molar-refractivity contribution is 0.990. The van der Waals surface area contributed by atoms with Gasteiger partial charge in [0.25, 0.3) is 0 Å². The fourth-order valence-corrected chi connectivity index (χ4v) is 2.99. The van der Waals surface area contributed by atoms with Gasteiger partial charge < -0.3 is 10.6 Å². The monoisotopic (exact) mass is 336 g/mol. The first kappa shape index (κ1) is 16.1. The van der Waals surface area contributed by atoms with Gasteiger partial charge in [-0.05, 0) is 42.0 Å². The first-order chi connectivity index (χ1) is 10.2. The molecular weight excluding hydrogens is 320 g/mol. The summed E-state index contributed by atoms with van der Waals surface area (Å²) in [7, 11) is 0. The number of hydrogen-bond donors (Lipinski definition) is 2. The van der Waals surface area contributed by atoms with Crippen molar-refractivity contribution < 1.29 is 0 Å². The van der Waals surface area contributed by atoms with Crippen LogP contribution in [0, 0.1) is 0 Å². The number of rotatable bonds is 6. The first-order valence-corrected chi connectivity index (χ1v) is 8.60. The van der Waals surface area contributed by atoms with Gasteiger partial charge in [0.05, 0.1) is 0 Å². The molecule has 2 nitrogen and oxygen atoms in total. The molecule has 0 aliphatic heterocycles. The Balaban J connectivity index is 1.60. The van der Waals surface area contributed by atoms with Gasteiger partial charge in [-0.25, -0.2) is 0 Å². The highest BCUT2D eigenvalue weighted by Gasteiger charge is 1.98. The van der Waals surface area contributed by atoms with Crippen LogP contribution >= 0.6 is 35.6 Å². The van der Waals surface area contributed by atoms with E-state index in [4.69, 9.17) is 23.8 Å². The molecule has 0 radical (unpaired) electrons. The Labute approximate surface area is 140 Å². The fourth-order valence-electron chi connectivity index (χ4n) is 1.75. The van der Waals surface area contributed by atoms with Crippen molar-refractivity contribution in [2.75, 3.05) is 17.6 Å². The first-order valence-electron chi connectivity index (χ1n) is 6.66. The summed E-state index contributed by atoms with van der Waals surface area (Å²) < 4.78 is 0. The number of thiocarbonyl (C=S) groups is 1. The molecule has 0 saturated heterocycles. The molecule has 0 bridgehead atoms. The van der Waals surface area contributed by atoms with Crippen LogP contribution < -0.4 is 10.6 Å². The van der Waals surface area contributed by atoms with E-state index in [1.807, 2.05) is 60.3 Å². The van der Waals surface area contributed by atoms with E-state index in [2.05, 4.69) is 16.7 Å². The van der Waals surface area contributed by atoms with Gasteiger partial charge >= 0.3 is 0 Å². The second kappa shape index (κ2) is 8.93. The fraction of sp³-hybridized carbons (Fsp3) is 0.188. The topological polar surface area (TPSA) is 24.1 Å². The minimum absolute atomic E-state index is 0.657. The van der Waals surface area contributed by atoms with Crippen LogP contribution in [0.2, 0.25) is 5.02 Å². The Morgan fingerprint density at radius 3 is 2.67 bits per heavy atom. The number of hydrogen-bond acceptors (Lipinski definition) is 2. The van der Waals surface area contributed by atoms with E-state index in [0.29, 0.717) is 5.11 Å². The third kappa shape index (κ3) is 6.38. The van der Waals surface area contributed by atoms with E-state index in [9.17, 15) is 0 Å². The van der Waals surface area contributed by atoms with Crippen LogP contribution in [-0.4, -0.2) is 17.4 Å². The van der Waals surface area contributed by atoms with Crippen LogP contribution in [0.1, 0.15) is 5.56 Å². The molecule has 5 heteroatoms. The smallest absolute Gasteiger partial charge is 0.170 e. The predicted octanol–water partition coefficient (Wildman–Crippen LogP) is 4.56. The predicted molar refractivity (Wildman–Crippen MR) is 98.3 cm³/mol. The molecule has 2 N–H and O–H groups in total. The summed E-state index contributed by atoms with van der Waals surface area (Å²) in [6.45, 7) is 0.837. The summed E-state index contributed by atoms with van der Waals surface area (Å²) in [6, 6.07) is 17.9. The molecule has 0 saturated carbocycles. The van der Waals surface area contributed by atoms with Crippen LogP contribution in [0.5, 0.6) is 0 Å². The van der Waals surface area contributed by atoms with Crippen LogP contribution in [0.3, 0.4) is 0 Å². The lowest BCUT2D eigenvalue weighted by atomic mass is 10.2. The zero-order chi connectivity index (χ0) is 14.9. The Morgan fingerprint density at radius 2 is 1.90 bits per heavy atom. The van der Waals surface area contributed by atoms with Gasteiger partial charge in [-0.15, -0.1) is 0 Å². The normalized spacial score (nSPS) is 10.1. The van der Waals surface area contributed by atoms with E-state index in [1.54, 1.807) is 0 Å². The number of anilines is 1. The molecule has 0 atom stereocenters. The van der Waals surface area contributed by atoms with Crippen molar-refractivity contribution >= 4 is 46.4 Å². The number of para-hydroxylation sites is 1. The number of halogens is 1. The maximum absolute atomic E-state index is 5.96. The van der Waals surface area contributed by atoms with Gasteiger partial charge in [0.2, 0.25) is 0 Å². The van der Waals surface area contributed by atoms with Crippen LogP contribution in [-0.2, 0) is 5.75 Å². The zero-order valence-corrected chi connectivity index (χ0v) is 13.9. The molecule has 110 valence electrons. The van der Waals surface area contributed by atoms with Gasteiger partial charge in [0.15, 0.2) is 5.11 Å². The van der Waals surface area contributed by atoms with Gasteiger partial charge in [-0.1, -0.05) is 41.9 Å². The Kier molecular flexibility index (Phi) is 6.86. The molecule has 2 rings (SSSR count). The zero-order valence-electron chi connectivity index (χ0n) is 11.5. The van der Waals surface area contributed by atoms with Gasteiger partial charge in [0, 0.05) is 28.8 Å². The molecule has 0 fully saturated rings. The number of nitrogens with one attached hydrogen (secondary N) is 2. The summed E-state index contributed by atoms with van der Waals surface area (Å²) in [5.41, 5.74) is 2.25. The Hall–Kier alpha value is -1.23. The minimum Gasteiger partial charge on any atom is -0.362 e. The van der Waals surface area contributed by atoms with E-state index in [1.165, 1.54) is 5.56 Å². The standard InChI is InChI=1S/C16H17ClN2S2/c17-14-6-4-5-13(11-14)12-21-10-9-18-16(20)19-15-7-2-1-3-8-15/h1-8,11H,9-10,12H2,(H2,18,19,20). The largest absolute Gasteiger partial charge is 0.362 e. The highest BCUT2D eigenvalue weighted by molar-refractivity contribution is 7.98. The van der Waals surface area contributed by atoms with E-state index in [-0.39, 0.29) is 0 Å². The Morgan fingerprint density at radius 1 is 1.10 bits per heavy atom. The third-order valence-electron chi connectivity index (χ3n) is 2.72. The van der Waals surface area contributed by atoms with Crippen molar-refractivity contribution in [1.29, 1.82) is 0 Å². The van der Waals surface area contributed by atoms with Crippen molar-refractivity contribution in [2.45, 2.75) is 5.75 Å². The van der Waals surface area contributed by atoms with E-state index < -0.39 is 0 Å². The van der Waals surface area contributed by atoms with Crippen molar-refractivity contribution in [3.63, 3.8) is 0 Å². The SMILES string of the molecule is S=C(NCCSCc1cccc(Cl)c1)Nc1ccccc1. The molecule has 0 aliphatic carbocycles. The number of benzene rings is 2. The molecule has 0 heterocycles. The maximum atomic E-state index is 5.96. The molecule has 0 aromatic heterocycles. The highest BCUT2D eigenvalue weighted by atomic mass is 35.5. The quantitative estimate of drug-likeness (QED) is 0.596. The summed E-state index contributed by atoms with van der Waals surface area (Å²) in [6.07, 6.45) is 0. The van der Waals surface area contributed by atoms with Crippen LogP contribution in [0.4, 0.5) is 5.69 Å². The molecular formula is C16H17ClN2S2. The van der Waals surface area contributed by atoms with Gasteiger partial charge in [-0.3, -0.25) is 0 Å². The molecule has 21 heavy (non-hydrogen) atoms. The Bertz CT molecular complexity index is 575. The average Bonchev–Trinajstić information content (AvgIpc) is 2.48. The van der Waals surface area contributed by atoms with Crippen molar-refractivity contribution in [3.8, 4) is 0 Å². The van der Waals surface area contributed by atoms with Crippen molar-refractivity contribution in [1.82, 2.24) is 5.32 Å². The van der Waals surface area contributed by atoms with Crippen molar-refractivity contribution in [2.24, 2.45) is 0 Å². The molecule has 0 aliphatic rings. The molecule has 2 aromatic rings. The average molecular weight is 337 g/mol. The lowest BCUT2D eigenvalue weighted by Crippen LogP contribution is -2.30. The molecule has 0 amide bonds. The van der Waals surface area contributed by atoms with Crippen molar-refractivity contribution in [3.05, 3.63) is 65.2 Å². The van der Waals surface area contributed by atoms with Gasteiger partial charge in [-0.2, -0.15) is 11.8 Å². The summed E-state index contributed by atoms with van der Waals surface area (Å²) in [4.78, 5) is 0. The molecule has 2 aromatic carbocycles. The molecule has 0 spiro atoms. The highest BCUT2D eigenvalue weighted by Crippen LogP contribution is 2.16. The molecule has 0 unspecified atom stereocenters. The second-order valence-electron chi connectivity index (χ2n) is 4.43. The van der Waals surface area contributed by atoms with Crippen LogP contribution in [0.15, 0.2) is 54.6 Å². The summed E-state index contributed by atoms with van der Waals surface area (Å²) in [5.74, 6) is 1.95. The summed E-state index contributed by atoms with van der Waals surface area (Å²) in [5, 5.41) is 7.80.